The zero-order valence-electron chi connectivity index (χ0n) is 16.6. The number of nitrogens with zero attached hydrogens (tertiary/aromatic N) is 3. The second-order valence-electron chi connectivity index (χ2n) is 7.28. The van der Waals surface area contributed by atoms with Crippen molar-refractivity contribution in [3.05, 3.63) is 96.1 Å². The third kappa shape index (κ3) is 3.69. The lowest BCUT2D eigenvalue weighted by atomic mass is 10.1. The number of amides is 1. The summed E-state index contributed by atoms with van der Waals surface area (Å²) in [6.07, 6.45) is 1.61. The van der Waals surface area contributed by atoms with Crippen LogP contribution in [0, 0.1) is 12.7 Å². The molecule has 0 fully saturated rings. The summed E-state index contributed by atoms with van der Waals surface area (Å²) in [5.41, 5.74) is 5.52. The molecule has 7 heteroatoms. The van der Waals surface area contributed by atoms with E-state index in [-0.39, 0.29) is 11.7 Å². The first kappa shape index (κ1) is 18.7. The standard InChI is InChI=1S/C24H18FN5O/c1-15-5-7-16(8-6-15)20-13-23(29-28-20)27-24(31)17-9-10-22-21(11-17)26-14-30(22)19-4-2-3-18(25)12-19/h2-14H,1H3,(H2,27,28,29,31). The van der Waals surface area contributed by atoms with Gasteiger partial charge in [0, 0.05) is 11.6 Å². The zero-order valence-corrected chi connectivity index (χ0v) is 16.6. The first-order valence-corrected chi connectivity index (χ1v) is 9.74. The quantitative estimate of drug-likeness (QED) is 0.431. The van der Waals surface area contributed by atoms with Crippen LogP contribution in [-0.2, 0) is 0 Å². The number of imidazole rings is 1. The highest BCUT2D eigenvalue weighted by molar-refractivity contribution is 6.05. The van der Waals surface area contributed by atoms with Crippen LogP contribution in [-0.4, -0.2) is 25.7 Å². The molecule has 31 heavy (non-hydrogen) atoms. The van der Waals surface area contributed by atoms with E-state index in [0.29, 0.717) is 22.6 Å². The van der Waals surface area contributed by atoms with Crippen LogP contribution in [0.5, 0.6) is 0 Å². The van der Waals surface area contributed by atoms with E-state index in [9.17, 15) is 9.18 Å². The van der Waals surface area contributed by atoms with Crippen molar-refractivity contribution in [1.29, 1.82) is 0 Å². The summed E-state index contributed by atoms with van der Waals surface area (Å²) in [7, 11) is 0. The lowest BCUT2D eigenvalue weighted by Gasteiger charge is -2.05. The molecule has 2 N–H and O–H groups in total. The third-order valence-corrected chi connectivity index (χ3v) is 5.08. The van der Waals surface area contributed by atoms with E-state index >= 15 is 0 Å². The summed E-state index contributed by atoms with van der Waals surface area (Å²) in [5.74, 6) is -0.172. The van der Waals surface area contributed by atoms with Crippen LogP contribution >= 0.6 is 0 Å². The number of benzene rings is 3. The van der Waals surface area contributed by atoms with Gasteiger partial charge in [-0.15, -0.1) is 0 Å². The summed E-state index contributed by atoms with van der Waals surface area (Å²) in [6.45, 7) is 2.03. The Morgan fingerprint density at radius 1 is 1.03 bits per heavy atom. The minimum atomic E-state index is -0.320. The van der Waals surface area contributed by atoms with Crippen molar-refractivity contribution in [3.8, 4) is 16.9 Å². The van der Waals surface area contributed by atoms with Crippen LogP contribution < -0.4 is 5.32 Å². The predicted octanol–water partition coefficient (Wildman–Crippen LogP) is 5.12. The highest BCUT2D eigenvalue weighted by Gasteiger charge is 2.13. The number of aryl methyl sites for hydroxylation is 1. The van der Waals surface area contributed by atoms with E-state index in [1.807, 2.05) is 31.2 Å². The maximum absolute atomic E-state index is 13.6. The fourth-order valence-electron chi connectivity index (χ4n) is 3.44. The van der Waals surface area contributed by atoms with Gasteiger partial charge in [0.15, 0.2) is 5.82 Å². The fraction of sp³-hybridized carbons (Fsp3) is 0.0417. The summed E-state index contributed by atoms with van der Waals surface area (Å²) >= 11 is 0. The number of carbonyl (C=O) groups excluding carboxylic acids is 1. The lowest BCUT2D eigenvalue weighted by molar-refractivity contribution is 0.102. The number of carbonyl (C=O) groups is 1. The number of nitrogens with one attached hydrogen (secondary N) is 2. The summed E-state index contributed by atoms with van der Waals surface area (Å²) < 4.78 is 15.3. The maximum atomic E-state index is 13.6. The van der Waals surface area contributed by atoms with Crippen LogP contribution in [0.2, 0.25) is 0 Å². The van der Waals surface area contributed by atoms with Crippen molar-refractivity contribution < 1.29 is 9.18 Å². The molecule has 0 aliphatic carbocycles. The van der Waals surface area contributed by atoms with Crippen LogP contribution in [0.3, 0.4) is 0 Å². The van der Waals surface area contributed by atoms with Gasteiger partial charge in [-0.3, -0.25) is 14.5 Å². The second kappa shape index (κ2) is 7.53. The van der Waals surface area contributed by atoms with Gasteiger partial charge >= 0.3 is 0 Å². The van der Waals surface area contributed by atoms with Crippen molar-refractivity contribution in [3.63, 3.8) is 0 Å². The minimum absolute atomic E-state index is 0.288. The number of H-pyrrole nitrogens is 1. The van der Waals surface area contributed by atoms with Gasteiger partial charge in [0.1, 0.15) is 12.1 Å². The number of anilines is 1. The van der Waals surface area contributed by atoms with Gasteiger partial charge < -0.3 is 5.32 Å². The highest BCUT2D eigenvalue weighted by Crippen LogP contribution is 2.22. The number of halogens is 1. The Bertz CT molecular complexity index is 1400. The smallest absolute Gasteiger partial charge is 0.256 e. The van der Waals surface area contributed by atoms with Gasteiger partial charge in [0.2, 0.25) is 0 Å². The van der Waals surface area contributed by atoms with Crippen molar-refractivity contribution in [2.75, 3.05) is 5.32 Å². The molecule has 0 unspecified atom stereocenters. The van der Waals surface area contributed by atoms with Crippen molar-refractivity contribution >= 4 is 22.8 Å². The first-order chi connectivity index (χ1) is 15.1. The molecule has 0 spiro atoms. The molecule has 0 aliphatic rings. The van der Waals surface area contributed by atoms with E-state index in [4.69, 9.17) is 0 Å². The van der Waals surface area contributed by atoms with E-state index in [2.05, 4.69) is 20.5 Å². The van der Waals surface area contributed by atoms with Gasteiger partial charge in [0.25, 0.3) is 5.91 Å². The molecule has 0 aliphatic heterocycles. The molecule has 0 atom stereocenters. The topological polar surface area (TPSA) is 75.6 Å². The largest absolute Gasteiger partial charge is 0.305 e. The van der Waals surface area contributed by atoms with Crippen LogP contribution in [0.15, 0.2) is 79.1 Å². The Balaban J connectivity index is 1.37. The predicted molar refractivity (Wildman–Crippen MR) is 118 cm³/mol. The van der Waals surface area contributed by atoms with Crippen molar-refractivity contribution in [2.24, 2.45) is 0 Å². The van der Waals surface area contributed by atoms with Gasteiger partial charge in [-0.2, -0.15) is 5.10 Å². The average Bonchev–Trinajstić information content (AvgIpc) is 3.41. The summed E-state index contributed by atoms with van der Waals surface area (Å²) in [6, 6.07) is 21.3. The molecule has 0 radical (unpaired) electrons. The van der Waals surface area contributed by atoms with Crippen LogP contribution in [0.25, 0.3) is 28.0 Å². The monoisotopic (exact) mass is 411 g/mol. The van der Waals surface area contributed by atoms with Gasteiger partial charge in [-0.05, 0) is 48.9 Å². The Hall–Kier alpha value is -4.26. The van der Waals surface area contributed by atoms with E-state index in [0.717, 1.165) is 16.8 Å². The van der Waals surface area contributed by atoms with Crippen LogP contribution in [0.4, 0.5) is 10.2 Å². The Morgan fingerprint density at radius 2 is 1.87 bits per heavy atom. The number of fused-ring (bicyclic) bond motifs is 1. The van der Waals surface area contributed by atoms with Crippen LogP contribution in [0.1, 0.15) is 15.9 Å². The molecule has 6 nitrogen and oxygen atoms in total. The first-order valence-electron chi connectivity index (χ1n) is 9.74. The van der Waals surface area contributed by atoms with E-state index in [1.165, 1.54) is 17.7 Å². The molecular weight excluding hydrogens is 393 g/mol. The second-order valence-corrected chi connectivity index (χ2v) is 7.28. The zero-order chi connectivity index (χ0) is 21.4. The van der Waals surface area contributed by atoms with Gasteiger partial charge in [-0.25, -0.2) is 9.37 Å². The molecule has 3 aromatic carbocycles. The lowest BCUT2D eigenvalue weighted by Crippen LogP contribution is -2.12. The molecule has 152 valence electrons. The average molecular weight is 411 g/mol. The van der Waals surface area contributed by atoms with Gasteiger partial charge in [-0.1, -0.05) is 35.9 Å². The van der Waals surface area contributed by atoms with Crippen molar-refractivity contribution in [1.82, 2.24) is 19.7 Å². The number of rotatable bonds is 4. The Morgan fingerprint density at radius 3 is 2.68 bits per heavy atom. The van der Waals surface area contributed by atoms with E-state index < -0.39 is 0 Å². The highest BCUT2D eigenvalue weighted by atomic mass is 19.1. The molecule has 0 saturated heterocycles. The molecule has 0 saturated carbocycles. The van der Waals surface area contributed by atoms with E-state index in [1.54, 1.807) is 47.3 Å². The third-order valence-electron chi connectivity index (χ3n) is 5.08. The molecule has 1 amide bonds. The number of aromatic nitrogens is 4. The molecule has 5 aromatic rings. The number of hydrogen-bond donors (Lipinski definition) is 2. The molecule has 2 heterocycles. The Labute approximate surface area is 177 Å². The SMILES string of the molecule is Cc1ccc(-c2cc(NC(=O)c3ccc4c(c3)ncn4-c3cccc(F)c3)n[nH]2)cc1. The summed E-state index contributed by atoms with van der Waals surface area (Å²) in [4.78, 5) is 17.1. The molecular formula is C24H18FN5O. The minimum Gasteiger partial charge on any atom is -0.305 e. The normalized spacial score (nSPS) is 11.0. The Kier molecular flexibility index (Phi) is 4.55. The molecule has 2 aromatic heterocycles. The molecule has 0 bridgehead atoms. The molecule has 5 rings (SSSR count). The van der Waals surface area contributed by atoms with Crippen molar-refractivity contribution in [2.45, 2.75) is 6.92 Å². The number of hydrogen-bond acceptors (Lipinski definition) is 3. The number of aromatic amines is 1. The fourth-order valence-corrected chi connectivity index (χ4v) is 3.44. The maximum Gasteiger partial charge on any atom is 0.256 e. The van der Waals surface area contributed by atoms with Gasteiger partial charge in [0.05, 0.1) is 22.4 Å². The summed E-state index contributed by atoms with van der Waals surface area (Å²) in [5, 5.41) is 9.93.